The molecule has 2 aliphatic heterocycles. The van der Waals surface area contributed by atoms with E-state index in [1.165, 1.54) is 0 Å². The number of hydrogen-bond acceptors (Lipinski definition) is 7. The van der Waals surface area contributed by atoms with Crippen molar-refractivity contribution in [3.8, 4) is 11.4 Å². The lowest BCUT2D eigenvalue weighted by atomic mass is 10.3. The second kappa shape index (κ2) is 7.63. The van der Waals surface area contributed by atoms with Crippen molar-refractivity contribution in [1.29, 1.82) is 0 Å². The number of rotatable bonds is 3. The van der Waals surface area contributed by atoms with E-state index in [4.69, 9.17) is 4.74 Å². The molecule has 10 heteroatoms. The van der Waals surface area contributed by atoms with Gasteiger partial charge in [-0.2, -0.15) is 5.10 Å². The zero-order valence-corrected chi connectivity index (χ0v) is 16.0. The van der Waals surface area contributed by atoms with E-state index in [9.17, 15) is 4.79 Å². The van der Waals surface area contributed by atoms with Gasteiger partial charge in [-0.3, -0.25) is 4.40 Å². The van der Waals surface area contributed by atoms with Crippen molar-refractivity contribution in [2.45, 2.75) is 12.8 Å². The molecule has 0 spiro atoms. The van der Waals surface area contributed by atoms with E-state index in [1.54, 1.807) is 12.3 Å². The molecule has 2 aliphatic rings. The number of anilines is 2. The first-order chi connectivity index (χ1) is 14.3. The third kappa shape index (κ3) is 3.70. The van der Waals surface area contributed by atoms with Crippen LogP contribution in [0.4, 0.5) is 16.2 Å². The quantitative estimate of drug-likeness (QED) is 0.721. The molecule has 3 aromatic heterocycles. The number of amides is 2. The molecule has 0 aromatic carbocycles. The van der Waals surface area contributed by atoms with E-state index in [0.29, 0.717) is 22.9 Å². The molecule has 0 unspecified atom stereocenters. The minimum atomic E-state index is -0.103. The van der Waals surface area contributed by atoms with Crippen LogP contribution in [0, 0.1) is 0 Å². The van der Waals surface area contributed by atoms with Crippen LogP contribution in [0.15, 0.2) is 30.9 Å². The third-order valence-corrected chi connectivity index (χ3v) is 5.23. The molecule has 2 amide bonds. The molecular weight excluding hydrogens is 372 g/mol. The number of carbonyl (C=O) groups is 1. The fourth-order valence-corrected chi connectivity index (χ4v) is 3.67. The van der Waals surface area contributed by atoms with Gasteiger partial charge < -0.3 is 19.9 Å². The molecule has 0 atom stereocenters. The molecule has 0 radical (unpaired) electrons. The zero-order valence-electron chi connectivity index (χ0n) is 16.0. The normalized spacial score (nSPS) is 17.1. The Morgan fingerprint density at radius 3 is 2.69 bits per heavy atom. The maximum absolute atomic E-state index is 12.3. The van der Waals surface area contributed by atoms with Crippen LogP contribution >= 0.6 is 0 Å². The minimum Gasteiger partial charge on any atom is -0.378 e. The second-order valence-electron chi connectivity index (χ2n) is 7.20. The predicted octanol–water partition coefficient (Wildman–Crippen LogP) is 1.65. The topological polar surface area (TPSA) is 101 Å². The molecule has 0 bridgehead atoms. The summed E-state index contributed by atoms with van der Waals surface area (Å²) in [6, 6.07) is 1.68. The van der Waals surface area contributed by atoms with Gasteiger partial charge >= 0.3 is 6.03 Å². The lowest BCUT2D eigenvalue weighted by molar-refractivity contribution is 0.122. The Balaban J connectivity index is 1.37. The summed E-state index contributed by atoms with van der Waals surface area (Å²) in [4.78, 5) is 25.4. The van der Waals surface area contributed by atoms with E-state index in [2.05, 4.69) is 30.4 Å². The van der Waals surface area contributed by atoms with E-state index < -0.39 is 0 Å². The average Bonchev–Trinajstić information content (AvgIpc) is 3.44. The molecule has 1 N–H and O–H groups in total. The van der Waals surface area contributed by atoms with Crippen LogP contribution in [0.2, 0.25) is 0 Å². The Morgan fingerprint density at radius 2 is 1.86 bits per heavy atom. The SMILES string of the molecule is O=C(Nc1cnnc(-c2cn3cc(N4CCOCC4)cnc3n2)c1)N1CCCC1. The minimum absolute atomic E-state index is 0.103. The van der Waals surface area contributed by atoms with Gasteiger partial charge in [0.05, 0.1) is 37.0 Å². The highest BCUT2D eigenvalue weighted by Crippen LogP contribution is 2.21. The van der Waals surface area contributed by atoms with E-state index in [1.807, 2.05) is 27.9 Å². The summed E-state index contributed by atoms with van der Waals surface area (Å²) >= 11 is 0. The summed E-state index contributed by atoms with van der Waals surface area (Å²) in [5.74, 6) is 0.588. The smallest absolute Gasteiger partial charge is 0.321 e. The Kier molecular flexibility index (Phi) is 4.68. The van der Waals surface area contributed by atoms with Crippen molar-refractivity contribution >= 4 is 23.2 Å². The van der Waals surface area contributed by atoms with Gasteiger partial charge in [0.1, 0.15) is 11.4 Å². The molecule has 3 aromatic rings. The van der Waals surface area contributed by atoms with E-state index >= 15 is 0 Å². The van der Waals surface area contributed by atoms with Gasteiger partial charge in [0, 0.05) is 38.6 Å². The number of imidazole rings is 1. The maximum atomic E-state index is 12.3. The van der Waals surface area contributed by atoms with E-state index in [0.717, 1.165) is 57.9 Å². The molecule has 5 rings (SSSR count). The van der Waals surface area contributed by atoms with Crippen molar-refractivity contribution in [3.05, 3.63) is 30.9 Å². The van der Waals surface area contributed by atoms with Gasteiger partial charge in [0.25, 0.3) is 0 Å². The molecule has 0 aliphatic carbocycles. The number of ether oxygens (including phenoxy) is 1. The number of nitrogens with zero attached hydrogens (tertiary/aromatic N) is 7. The van der Waals surface area contributed by atoms with Crippen molar-refractivity contribution in [2.75, 3.05) is 49.6 Å². The Labute approximate surface area is 167 Å². The highest BCUT2D eigenvalue weighted by Gasteiger charge is 2.18. The van der Waals surface area contributed by atoms with Gasteiger partial charge in [-0.15, -0.1) is 5.10 Å². The summed E-state index contributed by atoms with van der Waals surface area (Å²) in [5.41, 5.74) is 2.87. The number of morpholine rings is 1. The van der Waals surface area contributed by atoms with Crippen LogP contribution in [-0.4, -0.2) is 74.9 Å². The van der Waals surface area contributed by atoms with Gasteiger partial charge in [-0.1, -0.05) is 0 Å². The lowest BCUT2D eigenvalue weighted by Crippen LogP contribution is -2.36. The van der Waals surface area contributed by atoms with Crippen molar-refractivity contribution in [2.24, 2.45) is 0 Å². The van der Waals surface area contributed by atoms with Crippen molar-refractivity contribution in [1.82, 2.24) is 29.5 Å². The summed E-state index contributed by atoms with van der Waals surface area (Å²) in [7, 11) is 0. The Morgan fingerprint density at radius 1 is 1.03 bits per heavy atom. The summed E-state index contributed by atoms with van der Waals surface area (Å²) < 4.78 is 7.30. The number of likely N-dealkylation sites (tertiary alicyclic amines) is 1. The predicted molar refractivity (Wildman–Crippen MR) is 107 cm³/mol. The molecule has 10 nitrogen and oxygen atoms in total. The first-order valence-electron chi connectivity index (χ1n) is 9.83. The van der Waals surface area contributed by atoms with Crippen LogP contribution in [0.5, 0.6) is 0 Å². The second-order valence-corrected chi connectivity index (χ2v) is 7.20. The molecule has 5 heterocycles. The molecule has 2 fully saturated rings. The number of fused-ring (bicyclic) bond motifs is 1. The van der Waals surface area contributed by atoms with Gasteiger partial charge in [-0.05, 0) is 18.9 Å². The van der Waals surface area contributed by atoms with Crippen LogP contribution in [0.3, 0.4) is 0 Å². The lowest BCUT2D eigenvalue weighted by Gasteiger charge is -2.28. The molecular formula is C19H22N8O2. The Bertz CT molecular complexity index is 1020. The number of nitrogens with one attached hydrogen (secondary N) is 1. The van der Waals surface area contributed by atoms with Gasteiger partial charge in [-0.25, -0.2) is 14.8 Å². The highest BCUT2D eigenvalue weighted by molar-refractivity contribution is 5.89. The van der Waals surface area contributed by atoms with Gasteiger partial charge in [0.2, 0.25) is 5.78 Å². The van der Waals surface area contributed by atoms with E-state index in [-0.39, 0.29) is 6.03 Å². The van der Waals surface area contributed by atoms with Crippen LogP contribution < -0.4 is 10.2 Å². The zero-order chi connectivity index (χ0) is 19.6. The van der Waals surface area contributed by atoms with Crippen molar-refractivity contribution < 1.29 is 9.53 Å². The monoisotopic (exact) mass is 394 g/mol. The maximum Gasteiger partial charge on any atom is 0.321 e. The third-order valence-electron chi connectivity index (χ3n) is 5.23. The highest BCUT2D eigenvalue weighted by atomic mass is 16.5. The average molecular weight is 394 g/mol. The number of aromatic nitrogens is 5. The molecule has 150 valence electrons. The summed E-state index contributed by atoms with van der Waals surface area (Å²) in [5, 5.41) is 11.1. The number of urea groups is 1. The van der Waals surface area contributed by atoms with Crippen LogP contribution in [-0.2, 0) is 4.74 Å². The molecule has 29 heavy (non-hydrogen) atoms. The number of carbonyl (C=O) groups excluding carboxylic acids is 1. The van der Waals surface area contributed by atoms with Crippen LogP contribution in [0.25, 0.3) is 17.2 Å². The standard InChI is InChI=1S/C19H22N8O2/c28-19(26-3-1-2-4-26)22-14-9-16(24-21-10-14)17-13-27-12-15(11-20-18(27)23-17)25-5-7-29-8-6-25/h9-13H,1-8H2,(H,22,24,28). The first kappa shape index (κ1) is 17.8. The molecule has 2 saturated heterocycles. The largest absolute Gasteiger partial charge is 0.378 e. The van der Waals surface area contributed by atoms with Crippen molar-refractivity contribution in [3.63, 3.8) is 0 Å². The molecule has 0 saturated carbocycles. The summed E-state index contributed by atoms with van der Waals surface area (Å²) in [6.07, 6.45) is 9.36. The fourth-order valence-electron chi connectivity index (χ4n) is 3.67. The first-order valence-corrected chi connectivity index (χ1v) is 9.83. The van der Waals surface area contributed by atoms with Crippen LogP contribution in [0.1, 0.15) is 12.8 Å². The Hall–Kier alpha value is -3.27. The fraction of sp³-hybridized carbons (Fsp3) is 0.421. The summed E-state index contributed by atoms with van der Waals surface area (Å²) in [6.45, 7) is 4.72. The van der Waals surface area contributed by atoms with Gasteiger partial charge in [0.15, 0.2) is 0 Å². The number of hydrogen-bond donors (Lipinski definition) is 1.